The van der Waals surface area contributed by atoms with Crippen molar-refractivity contribution in [3.63, 3.8) is 0 Å². The van der Waals surface area contributed by atoms with Crippen LogP contribution in [0, 0.1) is 0 Å². The van der Waals surface area contributed by atoms with Crippen LogP contribution in [0.5, 0.6) is 0 Å². The van der Waals surface area contributed by atoms with E-state index in [4.69, 9.17) is 0 Å². The third-order valence-corrected chi connectivity index (χ3v) is 3.82. The summed E-state index contributed by atoms with van der Waals surface area (Å²) in [6.07, 6.45) is -2.07. The molecule has 1 saturated heterocycles. The van der Waals surface area contributed by atoms with Crippen molar-refractivity contribution in [3.05, 3.63) is 35.4 Å². The fraction of sp³-hybridized carbons (Fsp3) is 0.600. The number of benzene rings is 1. The van der Waals surface area contributed by atoms with Crippen LogP contribution in [-0.4, -0.2) is 31.1 Å². The van der Waals surface area contributed by atoms with Crippen LogP contribution in [0.3, 0.4) is 0 Å². The minimum atomic E-state index is -4.28. The molecule has 2 rings (SSSR count). The molecule has 0 bridgehead atoms. The molecule has 0 aromatic heterocycles. The SMILES string of the molecule is CC(NC1CCCN(C)C1)c1cccc(C(F)(F)F)c1. The van der Waals surface area contributed by atoms with Gasteiger partial charge in [0.25, 0.3) is 0 Å². The third-order valence-electron chi connectivity index (χ3n) is 3.82. The molecule has 1 heterocycles. The Morgan fingerprint density at radius 2 is 2.10 bits per heavy atom. The van der Waals surface area contributed by atoms with E-state index in [9.17, 15) is 13.2 Å². The Balaban J connectivity index is 2.03. The summed E-state index contributed by atoms with van der Waals surface area (Å²) in [5.74, 6) is 0. The second-order valence-corrected chi connectivity index (χ2v) is 5.61. The highest BCUT2D eigenvalue weighted by Crippen LogP contribution is 2.30. The molecule has 1 aliphatic rings. The lowest BCUT2D eigenvalue weighted by atomic mass is 10.0. The van der Waals surface area contributed by atoms with Gasteiger partial charge in [-0.1, -0.05) is 12.1 Å². The van der Waals surface area contributed by atoms with Crippen LogP contribution in [0.1, 0.15) is 36.9 Å². The fourth-order valence-electron chi connectivity index (χ4n) is 2.74. The van der Waals surface area contributed by atoms with Crippen molar-refractivity contribution in [3.8, 4) is 0 Å². The summed E-state index contributed by atoms with van der Waals surface area (Å²) in [7, 11) is 2.07. The van der Waals surface area contributed by atoms with E-state index in [0.29, 0.717) is 11.6 Å². The molecule has 1 N–H and O–H groups in total. The summed E-state index contributed by atoms with van der Waals surface area (Å²) in [4.78, 5) is 2.25. The number of alkyl halides is 3. The van der Waals surface area contributed by atoms with Gasteiger partial charge in [0.05, 0.1) is 5.56 Å². The molecule has 0 spiro atoms. The van der Waals surface area contributed by atoms with E-state index < -0.39 is 11.7 Å². The van der Waals surface area contributed by atoms with Gasteiger partial charge in [0.1, 0.15) is 0 Å². The molecule has 2 unspecified atom stereocenters. The van der Waals surface area contributed by atoms with Crippen molar-refractivity contribution in [1.82, 2.24) is 10.2 Å². The van der Waals surface area contributed by atoms with Crippen molar-refractivity contribution in [2.24, 2.45) is 0 Å². The topological polar surface area (TPSA) is 15.3 Å². The molecule has 0 saturated carbocycles. The molecule has 0 amide bonds. The Morgan fingerprint density at radius 3 is 2.75 bits per heavy atom. The lowest BCUT2D eigenvalue weighted by Gasteiger charge is -2.32. The lowest BCUT2D eigenvalue weighted by Crippen LogP contribution is -2.44. The van der Waals surface area contributed by atoms with E-state index in [2.05, 4.69) is 17.3 Å². The fourth-order valence-corrected chi connectivity index (χ4v) is 2.74. The molecular weight excluding hydrogens is 265 g/mol. The molecule has 0 radical (unpaired) electrons. The van der Waals surface area contributed by atoms with Gasteiger partial charge < -0.3 is 10.2 Å². The van der Waals surface area contributed by atoms with Crippen molar-refractivity contribution >= 4 is 0 Å². The molecule has 1 aliphatic heterocycles. The molecule has 2 atom stereocenters. The van der Waals surface area contributed by atoms with Crippen LogP contribution in [-0.2, 0) is 6.18 Å². The Kier molecular flexibility index (Phi) is 4.70. The van der Waals surface area contributed by atoms with Crippen molar-refractivity contribution in [2.45, 2.75) is 38.0 Å². The van der Waals surface area contributed by atoms with Crippen LogP contribution in [0.15, 0.2) is 24.3 Å². The number of nitrogens with one attached hydrogen (secondary N) is 1. The van der Waals surface area contributed by atoms with Gasteiger partial charge in [-0.25, -0.2) is 0 Å². The first-order valence-corrected chi connectivity index (χ1v) is 6.98. The second-order valence-electron chi connectivity index (χ2n) is 5.61. The molecule has 5 heteroatoms. The normalized spacial score (nSPS) is 22.8. The Labute approximate surface area is 118 Å². The molecule has 1 aromatic rings. The summed E-state index contributed by atoms with van der Waals surface area (Å²) in [6, 6.07) is 5.85. The van der Waals surface area contributed by atoms with Crippen LogP contribution in [0.25, 0.3) is 0 Å². The monoisotopic (exact) mass is 286 g/mol. The van der Waals surface area contributed by atoms with Crippen LogP contribution >= 0.6 is 0 Å². The average molecular weight is 286 g/mol. The van der Waals surface area contributed by atoms with Gasteiger partial charge in [-0.15, -0.1) is 0 Å². The first-order valence-electron chi connectivity index (χ1n) is 6.98. The first kappa shape index (κ1) is 15.3. The van der Waals surface area contributed by atoms with E-state index >= 15 is 0 Å². The summed E-state index contributed by atoms with van der Waals surface area (Å²) >= 11 is 0. The van der Waals surface area contributed by atoms with E-state index in [-0.39, 0.29) is 6.04 Å². The number of rotatable bonds is 3. The summed E-state index contributed by atoms with van der Waals surface area (Å²) < 4.78 is 38.1. The minimum absolute atomic E-state index is 0.0752. The number of hydrogen-bond acceptors (Lipinski definition) is 2. The van der Waals surface area contributed by atoms with E-state index in [1.165, 1.54) is 12.1 Å². The molecule has 0 aliphatic carbocycles. The minimum Gasteiger partial charge on any atom is -0.306 e. The maximum atomic E-state index is 12.7. The largest absolute Gasteiger partial charge is 0.416 e. The number of likely N-dealkylation sites (N-methyl/N-ethyl adjacent to an activating group) is 1. The van der Waals surface area contributed by atoms with Crippen molar-refractivity contribution < 1.29 is 13.2 Å². The number of likely N-dealkylation sites (tertiary alicyclic amines) is 1. The van der Waals surface area contributed by atoms with Crippen LogP contribution < -0.4 is 5.32 Å². The van der Waals surface area contributed by atoms with Crippen molar-refractivity contribution in [1.29, 1.82) is 0 Å². The number of hydrogen-bond donors (Lipinski definition) is 1. The Hall–Kier alpha value is -1.07. The molecule has 20 heavy (non-hydrogen) atoms. The smallest absolute Gasteiger partial charge is 0.306 e. The predicted molar refractivity (Wildman–Crippen MR) is 73.5 cm³/mol. The number of nitrogens with zero attached hydrogens (tertiary/aromatic N) is 1. The zero-order valence-corrected chi connectivity index (χ0v) is 11.9. The van der Waals surface area contributed by atoms with Crippen molar-refractivity contribution in [2.75, 3.05) is 20.1 Å². The maximum Gasteiger partial charge on any atom is 0.416 e. The highest BCUT2D eigenvalue weighted by molar-refractivity contribution is 5.27. The standard InChI is InChI=1S/C15H21F3N2/c1-11(19-14-7-4-8-20(2)10-14)12-5-3-6-13(9-12)15(16,17)18/h3,5-6,9,11,14,19H,4,7-8,10H2,1-2H3. The van der Waals surface area contributed by atoms with Gasteiger partial charge in [-0.2, -0.15) is 13.2 Å². The summed E-state index contributed by atoms with van der Waals surface area (Å²) in [5, 5.41) is 3.44. The number of piperidine rings is 1. The van der Waals surface area contributed by atoms with Gasteiger partial charge >= 0.3 is 6.18 Å². The van der Waals surface area contributed by atoms with Gasteiger partial charge in [0, 0.05) is 18.6 Å². The van der Waals surface area contributed by atoms with Gasteiger partial charge in [-0.3, -0.25) is 0 Å². The number of halogens is 3. The van der Waals surface area contributed by atoms with Gasteiger partial charge in [-0.05, 0) is 51.1 Å². The third kappa shape index (κ3) is 3.96. The van der Waals surface area contributed by atoms with E-state index in [0.717, 1.165) is 32.0 Å². The average Bonchev–Trinajstić information content (AvgIpc) is 2.38. The molecular formula is C15H21F3N2. The Morgan fingerprint density at radius 1 is 1.35 bits per heavy atom. The van der Waals surface area contributed by atoms with Gasteiger partial charge in [0.2, 0.25) is 0 Å². The predicted octanol–water partition coefficient (Wildman–Crippen LogP) is 3.45. The zero-order chi connectivity index (χ0) is 14.8. The zero-order valence-electron chi connectivity index (χ0n) is 11.9. The lowest BCUT2D eigenvalue weighted by molar-refractivity contribution is -0.137. The molecule has 1 fully saturated rings. The van der Waals surface area contributed by atoms with E-state index in [1.54, 1.807) is 6.07 Å². The van der Waals surface area contributed by atoms with Gasteiger partial charge in [0.15, 0.2) is 0 Å². The van der Waals surface area contributed by atoms with Crippen LogP contribution in [0.2, 0.25) is 0 Å². The molecule has 112 valence electrons. The molecule has 2 nitrogen and oxygen atoms in total. The summed E-state index contributed by atoms with van der Waals surface area (Å²) in [6.45, 7) is 3.96. The highest BCUT2D eigenvalue weighted by Gasteiger charge is 2.30. The first-order chi connectivity index (χ1) is 9.36. The second kappa shape index (κ2) is 6.14. The van der Waals surface area contributed by atoms with E-state index in [1.807, 2.05) is 6.92 Å². The summed E-state index contributed by atoms with van der Waals surface area (Å²) in [5.41, 5.74) is 0.109. The maximum absolute atomic E-state index is 12.7. The van der Waals surface area contributed by atoms with Crippen LogP contribution in [0.4, 0.5) is 13.2 Å². The molecule has 1 aromatic carbocycles. The Bertz CT molecular complexity index is 445. The quantitative estimate of drug-likeness (QED) is 0.915. The highest BCUT2D eigenvalue weighted by atomic mass is 19.4.